The summed E-state index contributed by atoms with van der Waals surface area (Å²) < 4.78 is 5.39. The van der Waals surface area contributed by atoms with E-state index in [4.69, 9.17) is 9.84 Å². The molecule has 102 valence electrons. The minimum Gasteiger partial charge on any atom is -0.493 e. The van der Waals surface area contributed by atoms with Crippen LogP contribution in [0.3, 0.4) is 0 Å². The second-order valence-electron chi connectivity index (χ2n) is 4.35. The molecule has 0 bridgehead atoms. The lowest BCUT2D eigenvalue weighted by Gasteiger charge is -2.21. The largest absolute Gasteiger partial charge is 0.493 e. The number of aliphatic carboxylic acids is 1. The first-order valence-electron chi connectivity index (χ1n) is 5.98. The van der Waals surface area contributed by atoms with Gasteiger partial charge in [-0.25, -0.2) is 4.79 Å². The van der Waals surface area contributed by atoms with E-state index in [1.54, 1.807) is 19.2 Å². The Hall–Kier alpha value is -2.08. The summed E-state index contributed by atoms with van der Waals surface area (Å²) in [6.07, 6.45) is 0.805. The summed E-state index contributed by atoms with van der Waals surface area (Å²) >= 11 is 0. The van der Waals surface area contributed by atoms with Crippen molar-refractivity contribution < 1.29 is 19.4 Å². The Bertz CT molecular complexity index is 515. The quantitative estimate of drug-likeness (QED) is 0.762. The Morgan fingerprint density at radius 2 is 2.21 bits per heavy atom. The van der Waals surface area contributed by atoms with Crippen LogP contribution in [0, 0.1) is 0 Å². The van der Waals surface area contributed by atoms with Crippen LogP contribution in [0.15, 0.2) is 18.2 Å². The van der Waals surface area contributed by atoms with Crippen molar-refractivity contribution in [3.63, 3.8) is 0 Å². The molecule has 0 aromatic heterocycles. The normalized spacial score (nSPS) is 14.4. The fraction of sp³-hybridized carbons (Fsp3) is 0.385. The molecule has 6 nitrogen and oxygen atoms in total. The number of likely N-dealkylation sites (N-methyl/N-ethyl adjacent to an activating group) is 2. The summed E-state index contributed by atoms with van der Waals surface area (Å²) in [4.78, 5) is 24.4. The van der Waals surface area contributed by atoms with Crippen LogP contribution in [-0.2, 0) is 16.0 Å². The average Bonchev–Trinajstić information content (AvgIpc) is 2.85. The molecule has 1 aliphatic rings. The second kappa shape index (κ2) is 5.27. The number of amides is 1. The van der Waals surface area contributed by atoms with Crippen molar-refractivity contribution in [2.75, 3.05) is 25.6 Å². The number of fused-ring (bicyclic) bond motifs is 1. The Labute approximate surface area is 111 Å². The number of nitrogens with zero attached hydrogens (tertiary/aromatic N) is 1. The number of nitrogens with one attached hydrogen (secondary N) is 1. The fourth-order valence-electron chi connectivity index (χ4n) is 2.06. The van der Waals surface area contributed by atoms with E-state index in [9.17, 15) is 9.59 Å². The van der Waals surface area contributed by atoms with E-state index in [1.807, 2.05) is 6.07 Å². The zero-order valence-corrected chi connectivity index (χ0v) is 10.8. The molecular formula is C13H16N2O4. The summed E-state index contributed by atoms with van der Waals surface area (Å²) in [6.45, 7) is 0.644. The van der Waals surface area contributed by atoms with E-state index in [0.717, 1.165) is 17.7 Å². The smallest absolute Gasteiger partial charge is 0.330 e. The Kier molecular flexibility index (Phi) is 3.71. The van der Waals surface area contributed by atoms with Gasteiger partial charge in [-0.15, -0.1) is 0 Å². The number of carbonyl (C=O) groups is 2. The molecule has 1 atom stereocenters. The van der Waals surface area contributed by atoms with E-state index in [0.29, 0.717) is 12.3 Å². The number of anilines is 1. The molecule has 1 aromatic carbocycles. The van der Waals surface area contributed by atoms with Gasteiger partial charge in [-0.1, -0.05) is 0 Å². The number of ether oxygens (including phenoxy) is 1. The van der Waals surface area contributed by atoms with Crippen molar-refractivity contribution in [3.05, 3.63) is 23.8 Å². The standard InChI is InChI=1S/C13H16N2O4/c1-14-11(13(17)18)12(16)15(2)9-3-4-10-8(7-9)5-6-19-10/h3-4,7,11,14H,5-6H2,1-2H3,(H,17,18). The maximum atomic E-state index is 12.1. The zero-order valence-electron chi connectivity index (χ0n) is 10.8. The molecular weight excluding hydrogens is 248 g/mol. The lowest BCUT2D eigenvalue weighted by Crippen LogP contribution is -2.48. The molecule has 1 heterocycles. The molecule has 6 heteroatoms. The van der Waals surface area contributed by atoms with Gasteiger partial charge in [-0.2, -0.15) is 0 Å². The predicted octanol–water partition coefficient (Wildman–Crippen LogP) is 0.257. The van der Waals surface area contributed by atoms with E-state index < -0.39 is 17.9 Å². The number of carbonyl (C=O) groups excluding carboxylic acids is 1. The third-order valence-corrected chi connectivity index (χ3v) is 3.17. The van der Waals surface area contributed by atoms with Crippen molar-refractivity contribution in [2.24, 2.45) is 0 Å². The van der Waals surface area contributed by atoms with Crippen LogP contribution in [0.25, 0.3) is 0 Å². The van der Waals surface area contributed by atoms with Gasteiger partial charge in [-0.3, -0.25) is 10.1 Å². The summed E-state index contributed by atoms with van der Waals surface area (Å²) in [6, 6.07) is 4.16. The first-order chi connectivity index (χ1) is 9.04. The highest BCUT2D eigenvalue weighted by atomic mass is 16.5. The molecule has 1 aromatic rings. The molecule has 1 aliphatic heterocycles. The Morgan fingerprint density at radius 1 is 1.47 bits per heavy atom. The van der Waals surface area contributed by atoms with Crippen LogP contribution < -0.4 is 15.0 Å². The van der Waals surface area contributed by atoms with E-state index in [2.05, 4.69) is 5.32 Å². The fourth-order valence-corrected chi connectivity index (χ4v) is 2.06. The van der Waals surface area contributed by atoms with Crippen LogP contribution >= 0.6 is 0 Å². The second-order valence-corrected chi connectivity index (χ2v) is 4.35. The van der Waals surface area contributed by atoms with Crippen LogP contribution in [0.5, 0.6) is 5.75 Å². The highest BCUT2D eigenvalue weighted by molar-refractivity contribution is 6.08. The summed E-state index contributed by atoms with van der Waals surface area (Å²) in [5.41, 5.74) is 1.70. The van der Waals surface area contributed by atoms with Gasteiger partial charge in [0, 0.05) is 19.2 Å². The molecule has 0 aliphatic carbocycles. The number of hydrogen-bond donors (Lipinski definition) is 2. The van der Waals surface area contributed by atoms with Crippen molar-refractivity contribution in [2.45, 2.75) is 12.5 Å². The molecule has 0 fully saturated rings. The van der Waals surface area contributed by atoms with Gasteiger partial charge in [0.15, 0.2) is 6.04 Å². The summed E-state index contributed by atoms with van der Waals surface area (Å²) in [5.74, 6) is -0.870. The Morgan fingerprint density at radius 3 is 2.84 bits per heavy atom. The average molecular weight is 264 g/mol. The molecule has 0 saturated heterocycles. The maximum Gasteiger partial charge on any atom is 0.330 e. The third-order valence-electron chi connectivity index (χ3n) is 3.17. The van der Waals surface area contributed by atoms with Crippen LogP contribution in [0.2, 0.25) is 0 Å². The van der Waals surface area contributed by atoms with Crippen molar-refractivity contribution in [1.82, 2.24) is 5.32 Å². The first-order valence-corrected chi connectivity index (χ1v) is 5.98. The van der Waals surface area contributed by atoms with Crippen molar-refractivity contribution in [3.8, 4) is 5.75 Å². The lowest BCUT2D eigenvalue weighted by atomic mass is 10.1. The summed E-state index contributed by atoms with van der Waals surface area (Å²) in [7, 11) is 3.01. The van der Waals surface area contributed by atoms with Gasteiger partial charge < -0.3 is 14.7 Å². The van der Waals surface area contributed by atoms with Crippen molar-refractivity contribution in [1.29, 1.82) is 0 Å². The Balaban J connectivity index is 2.21. The molecule has 0 radical (unpaired) electrons. The molecule has 1 unspecified atom stereocenters. The molecule has 0 spiro atoms. The van der Waals surface area contributed by atoms with Crippen LogP contribution in [0.4, 0.5) is 5.69 Å². The maximum absolute atomic E-state index is 12.1. The topological polar surface area (TPSA) is 78.9 Å². The van der Waals surface area contributed by atoms with Gasteiger partial charge in [0.25, 0.3) is 5.91 Å². The predicted molar refractivity (Wildman–Crippen MR) is 69.5 cm³/mol. The van der Waals surface area contributed by atoms with Gasteiger partial charge >= 0.3 is 5.97 Å². The van der Waals surface area contributed by atoms with Gasteiger partial charge in [0.2, 0.25) is 0 Å². The summed E-state index contributed by atoms with van der Waals surface area (Å²) in [5, 5.41) is 11.5. The lowest BCUT2D eigenvalue weighted by molar-refractivity contribution is -0.143. The molecule has 0 saturated carbocycles. The molecule has 2 N–H and O–H groups in total. The number of benzene rings is 1. The number of rotatable bonds is 4. The highest BCUT2D eigenvalue weighted by Crippen LogP contribution is 2.29. The number of carboxylic acid groups (broad SMARTS) is 1. The minimum absolute atomic E-state index is 0.506. The van der Waals surface area contributed by atoms with Crippen LogP contribution in [0.1, 0.15) is 5.56 Å². The first kappa shape index (κ1) is 13.4. The van der Waals surface area contributed by atoms with E-state index in [-0.39, 0.29) is 0 Å². The number of carboxylic acids is 1. The minimum atomic E-state index is -1.24. The zero-order chi connectivity index (χ0) is 14.0. The van der Waals surface area contributed by atoms with Gasteiger partial charge in [0.1, 0.15) is 5.75 Å². The monoisotopic (exact) mass is 264 g/mol. The molecule has 2 rings (SSSR count). The van der Waals surface area contributed by atoms with Gasteiger partial charge in [0.05, 0.1) is 6.61 Å². The van der Waals surface area contributed by atoms with E-state index >= 15 is 0 Å². The van der Waals surface area contributed by atoms with E-state index in [1.165, 1.54) is 11.9 Å². The highest BCUT2D eigenvalue weighted by Gasteiger charge is 2.28. The SMILES string of the molecule is CNC(C(=O)O)C(=O)N(C)c1ccc2c(c1)CCO2. The van der Waals surface area contributed by atoms with Crippen molar-refractivity contribution >= 4 is 17.6 Å². The van der Waals surface area contributed by atoms with Crippen LogP contribution in [-0.4, -0.2) is 43.7 Å². The third kappa shape index (κ3) is 2.53. The molecule has 19 heavy (non-hydrogen) atoms. The number of hydrogen-bond acceptors (Lipinski definition) is 4. The van der Waals surface area contributed by atoms with Gasteiger partial charge in [-0.05, 0) is 30.8 Å². The molecule has 1 amide bonds.